The van der Waals surface area contributed by atoms with Crippen LogP contribution in [-0.2, 0) is 6.54 Å². The highest BCUT2D eigenvalue weighted by atomic mass is 16.2. The van der Waals surface area contributed by atoms with Gasteiger partial charge < -0.3 is 15.5 Å². The van der Waals surface area contributed by atoms with E-state index >= 15 is 0 Å². The zero-order chi connectivity index (χ0) is 16.8. The first-order valence-electron chi connectivity index (χ1n) is 8.39. The number of rotatable bonds is 4. The van der Waals surface area contributed by atoms with Crippen LogP contribution in [0.25, 0.3) is 0 Å². The molecule has 24 heavy (non-hydrogen) atoms. The summed E-state index contributed by atoms with van der Waals surface area (Å²) >= 11 is 0. The lowest BCUT2D eigenvalue weighted by Gasteiger charge is -2.27. The molecule has 0 spiro atoms. The van der Waals surface area contributed by atoms with Crippen molar-refractivity contribution in [3.8, 4) is 0 Å². The lowest BCUT2D eigenvalue weighted by Crippen LogP contribution is -2.31. The smallest absolute Gasteiger partial charge is 0.319 e. The van der Waals surface area contributed by atoms with Gasteiger partial charge in [-0.25, -0.2) is 14.8 Å². The fraction of sp³-hybridized carbons (Fsp3) is 0.389. The van der Waals surface area contributed by atoms with Crippen molar-refractivity contribution in [3.63, 3.8) is 0 Å². The van der Waals surface area contributed by atoms with Gasteiger partial charge in [0.2, 0.25) is 0 Å². The Balaban J connectivity index is 1.55. The van der Waals surface area contributed by atoms with E-state index in [9.17, 15) is 4.79 Å². The maximum atomic E-state index is 12.0. The van der Waals surface area contributed by atoms with Gasteiger partial charge in [0.25, 0.3) is 0 Å². The Bertz CT molecular complexity index is 697. The van der Waals surface area contributed by atoms with Crippen LogP contribution in [0.15, 0.2) is 36.5 Å². The Labute approximate surface area is 142 Å². The predicted molar refractivity (Wildman–Crippen MR) is 95.1 cm³/mol. The third-order valence-corrected chi connectivity index (χ3v) is 4.05. The van der Waals surface area contributed by atoms with Crippen molar-refractivity contribution in [3.05, 3.63) is 47.9 Å². The fourth-order valence-corrected chi connectivity index (χ4v) is 2.83. The molecule has 0 unspecified atom stereocenters. The summed E-state index contributed by atoms with van der Waals surface area (Å²) in [6, 6.07) is 9.36. The summed E-state index contributed by atoms with van der Waals surface area (Å²) in [5.41, 5.74) is 1.88. The third kappa shape index (κ3) is 4.44. The summed E-state index contributed by atoms with van der Waals surface area (Å²) in [5, 5.41) is 5.62. The highest BCUT2D eigenvalue weighted by Crippen LogP contribution is 2.16. The molecule has 1 aromatic carbocycles. The Morgan fingerprint density at radius 1 is 1.21 bits per heavy atom. The Morgan fingerprint density at radius 3 is 2.83 bits per heavy atom. The minimum absolute atomic E-state index is 0.257. The van der Waals surface area contributed by atoms with Gasteiger partial charge in [0, 0.05) is 25.0 Å². The summed E-state index contributed by atoms with van der Waals surface area (Å²) in [6.45, 7) is 4.37. The van der Waals surface area contributed by atoms with Crippen molar-refractivity contribution < 1.29 is 4.79 Å². The monoisotopic (exact) mass is 325 g/mol. The third-order valence-electron chi connectivity index (χ3n) is 4.05. The summed E-state index contributed by atoms with van der Waals surface area (Å²) in [5.74, 6) is 1.57. The number of nitrogens with zero attached hydrogens (tertiary/aromatic N) is 3. The van der Waals surface area contributed by atoms with Crippen LogP contribution in [-0.4, -0.2) is 29.1 Å². The second kappa shape index (κ2) is 7.77. The lowest BCUT2D eigenvalue weighted by molar-refractivity contribution is 0.251. The van der Waals surface area contributed by atoms with E-state index in [4.69, 9.17) is 0 Å². The number of aryl methyl sites for hydroxylation is 1. The molecule has 2 heterocycles. The number of hydrogen-bond acceptors (Lipinski definition) is 4. The zero-order valence-electron chi connectivity index (χ0n) is 14.0. The quantitative estimate of drug-likeness (QED) is 0.906. The molecule has 0 aliphatic carbocycles. The molecule has 1 aliphatic heterocycles. The Hall–Kier alpha value is -2.63. The van der Waals surface area contributed by atoms with E-state index in [2.05, 4.69) is 25.5 Å². The van der Waals surface area contributed by atoms with Crippen molar-refractivity contribution >= 4 is 17.5 Å². The summed E-state index contributed by atoms with van der Waals surface area (Å²) in [4.78, 5) is 23.1. The van der Waals surface area contributed by atoms with Gasteiger partial charge in [-0.05, 0) is 49.9 Å². The van der Waals surface area contributed by atoms with E-state index in [0.717, 1.165) is 30.2 Å². The van der Waals surface area contributed by atoms with Gasteiger partial charge in [-0.1, -0.05) is 12.1 Å². The topological polar surface area (TPSA) is 70.2 Å². The second-order valence-corrected chi connectivity index (χ2v) is 6.06. The maximum absolute atomic E-state index is 12.0. The first kappa shape index (κ1) is 16.2. The van der Waals surface area contributed by atoms with Gasteiger partial charge in [0.05, 0.1) is 6.54 Å². The van der Waals surface area contributed by atoms with Gasteiger partial charge in [0.1, 0.15) is 11.6 Å². The molecule has 6 nitrogen and oxygen atoms in total. The van der Waals surface area contributed by atoms with Crippen molar-refractivity contribution in [1.82, 2.24) is 15.3 Å². The van der Waals surface area contributed by atoms with Crippen molar-refractivity contribution in [2.75, 3.05) is 23.3 Å². The van der Waals surface area contributed by atoms with Crippen LogP contribution >= 0.6 is 0 Å². The first-order chi connectivity index (χ1) is 11.7. The van der Waals surface area contributed by atoms with Crippen LogP contribution in [0.3, 0.4) is 0 Å². The molecule has 0 bridgehead atoms. The van der Waals surface area contributed by atoms with E-state index in [1.54, 1.807) is 6.20 Å². The van der Waals surface area contributed by atoms with Gasteiger partial charge in [-0.2, -0.15) is 0 Å². The fourth-order valence-electron chi connectivity index (χ4n) is 2.83. The molecule has 6 heteroatoms. The number of carbonyl (C=O) groups excluding carboxylic acids is 1. The molecule has 126 valence electrons. The number of benzene rings is 1. The molecular formula is C18H23N5O. The van der Waals surface area contributed by atoms with E-state index in [1.165, 1.54) is 19.3 Å². The van der Waals surface area contributed by atoms with E-state index in [1.807, 2.05) is 37.3 Å². The Kier molecular flexibility index (Phi) is 5.25. The number of amides is 2. The number of piperidine rings is 1. The number of nitrogens with one attached hydrogen (secondary N) is 2. The van der Waals surface area contributed by atoms with E-state index in [0.29, 0.717) is 12.4 Å². The molecule has 0 saturated carbocycles. The van der Waals surface area contributed by atoms with Crippen LogP contribution in [0.1, 0.15) is 30.7 Å². The van der Waals surface area contributed by atoms with Crippen LogP contribution in [0.4, 0.5) is 16.3 Å². The standard InChI is InChI=1S/C18H23N5O/c1-14-6-5-7-15(12-14)21-18(24)20-13-16-19-9-8-17(22-16)23-10-3-2-4-11-23/h5-9,12H,2-4,10-11,13H2,1H3,(H2,20,21,24). The average Bonchev–Trinajstić information content (AvgIpc) is 2.61. The molecule has 1 aliphatic rings. The molecule has 1 fully saturated rings. The molecule has 3 rings (SSSR count). The van der Waals surface area contributed by atoms with Gasteiger partial charge >= 0.3 is 6.03 Å². The summed E-state index contributed by atoms with van der Waals surface area (Å²) in [6.07, 6.45) is 5.45. The Morgan fingerprint density at radius 2 is 2.04 bits per heavy atom. The maximum Gasteiger partial charge on any atom is 0.319 e. The average molecular weight is 325 g/mol. The minimum Gasteiger partial charge on any atom is -0.357 e. The highest BCUT2D eigenvalue weighted by Gasteiger charge is 2.13. The summed E-state index contributed by atoms with van der Waals surface area (Å²) < 4.78 is 0. The van der Waals surface area contributed by atoms with Gasteiger partial charge in [0.15, 0.2) is 0 Å². The van der Waals surface area contributed by atoms with Crippen molar-refractivity contribution in [2.45, 2.75) is 32.7 Å². The molecule has 1 aromatic heterocycles. The van der Waals surface area contributed by atoms with Crippen LogP contribution < -0.4 is 15.5 Å². The number of carbonyl (C=O) groups is 1. The second-order valence-electron chi connectivity index (χ2n) is 6.06. The van der Waals surface area contributed by atoms with Gasteiger partial charge in [-0.15, -0.1) is 0 Å². The molecule has 0 radical (unpaired) electrons. The number of anilines is 2. The van der Waals surface area contributed by atoms with Gasteiger partial charge in [-0.3, -0.25) is 0 Å². The molecule has 2 amide bonds. The van der Waals surface area contributed by atoms with E-state index in [-0.39, 0.29) is 6.03 Å². The SMILES string of the molecule is Cc1cccc(NC(=O)NCc2nccc(N3CCCCC3)n2)c1. The zero-order valence-corrected chi connectivity index (χ0v) is 14.0. The molecule has 0 atom stereocenters. The molecule has 2 N–H and O–H groups in total. The largest absolute Gasteiger partial charge is 0.357 e. The van der Waals surface area contributed by atoms with Crippen molar-refractivity contribution in [1.29, 1.82) is 0 Å². The van der Waals surface area contributed by atoms with Crippen LogP contribution in [0, 0.1) is 6.92 Å². The lowest BCUT2D eigenvalue weighted by atomic mass is 10.1. The first-order valence-corrected chi connectivity index (χ1v) is 8.39. The number of aromatic nitrogens is 2. The van der Waals surface area contributed by atoms with Crippen LogP contribution in [0.5, 0.6) is 0 Å². The van der Waals surface area contributed by atoms with E-state index < -0.39 is 0 Å². The predicted octanol–water partition coefficient (Wildman–Crippen LogP) is 3.10. The molecule has 1 saturated heterocycles. The van der Waals surface area contributed by atoms with Crippen molar-refractivity contribution in [2.24, 2.45) is 0 Å². The minimum atomic E-state index is -0.257. The molecule has 2 aromatic rings. The van der Waals surface area contributed by atoms with Crippen LogP contribution in [0.2, 0.25) is 0 Å². The summed E-state index contributed by atoms with van der Waals surface area (Å²) in [7, 11) is 0. The normalized spacial score (nSPS) is 14.3. The number of urea groups is 1. The number of hydrogen-bond donors (Lipinski definition) is 2. The highest BCUT2D eigenvalue weighted by molar-refractivity contribution is 5.89. The molecular weight excluding hydrogens is 302 g/mol.